The van der Waals surface area contributed by atoms with Crippen molar-refractivity contribution in [2.24, 2.45) is 0 Å². The van der Waals surface area contributed by atoms with Crippen LogP contribution in [0.3, 0.4) is 0 Å². The van der Waals surface area contributed by atoms with E-state index >= 15 is 0 Å². The molecule has 2 rings (SSSR count). The lowest BCUT2D eigenvalue weighted by molar-refractivity contribution is -0.148. The second-order valence-corrected chi connectivity index (χ2v) is 6.23. The maximum absolute atomic E-state index is 12.6. The Labute approximate surface area is 141 Å². The average molecular weight is 333 g/mol. The number of Topliss-reactive ketones (excluding diaryl/α,β-unsaturated/α-hetero) is 1. The molecule has 0 spiro atoms. The normalized spacial score (nSPS) is 16.8. The third-order valence-corrected chi connectivity index (χ3v) is 4.53. The first-order valence-corrected chi connectivity index (χ1v) is 8.14. The molecule has 0 saturated heterocycles. The van der Waals surface area contributed by atoms with Crippen molar-refractivity contribution < 1.29 is 24.2 Å². The lowest BCUT2D eigenvalue weighted by Crippen LogP contribution is -2.54. The molecule has 1 aliphatic rings. The van der Waals surface area contributed by atoms with E-state index in [4.69, 9.17) is 4.74 Å². The highest BCUT2D eigenvalue weighted by Crippen LogP contribution is 2.29. The van der Waals surface area contributed by atoms with Crippen LogP contribution >= 0.6 is 0 Å². The van der Waals surface area contributed by atoms with Crippen LogP contribution < -0.4 is 5.32 Å². The van der Waals surface area contributed by atoms with Crippen molar-refractivity contribution in [3.05, 3.63) is 29.3 Å². The molecule has 0 bridgehead atoms. The first kappa shape index (κ1) is 18.0. The van der Waals surface area contributed by atoms with Crippen molar-refractivity contribution in [1.82, 2.24) is 5.32 Å². The van der Waals surface area contributed by atoms with Crippen LogP contribution in [0.25, 0.3) is 0 Å². The minimum absolute atomic E-state index is 0.156. The average Bonchev–Trinajstić information content (AvgIpc) is 2.80. The van der Waals surface area contributed by atoms with Gasteiger partial charge in [-0.2, -0.15) is 0 Å². The topological polar surface area (TPSA) is 92.7 Å². The van der Waals surface area contributed by atoms with E-state index in [0.717, 1.165) is 25.7 Å². The molecule has 0 heterocycles. The van der Waals surface area contributed by atoms with Crippen molar-refractivity contribution in [2.45, 2.75) is 51.0 Å². The minimum atomic E-state index is -1.03. The van der Waals surface area contributed by atoms with E-state index in [9.17, 15) is 19.5 Å². The number of rotatable bonds is 4. The van der Waals surface area contributed by atoms with Crippen molar-refractivity contribution in [2.75, 3.05) is 7.11 Å². The summed E-state index contributed by atoms with van der Waals surface area (Å²) in [6, 6.07) is 4.12. The molecule has 6 heteroatoms. The van der Waals surface area contributed by atoms with E-state index in [-0.39, 0.29) is 22.7 Å². The number of carbonyl (C=O) groups is 3. The monoisotopic (exact) mass is 333 g/mol. The van der Waals surface area contributed by atoms with Gasteiger partial charge in [-0.3, -0.25) is 9.59 Å². The number of methoxy groups -OCH3 is 1. The van der Waals surface area contributed by atoms with Crippen molar-refractivity contribution in [3.63, 3.8) is 0 Å². The van der Waals surface area contributed by atoms with Gasteiger partial charge >= 0.3 is 5.97 Å². The molecule has 0 aliphatic heterocycles. The van der Waals surface area contributed by atoms with Gasteiger partial charge in [-0.05, 0) is 38.0 Å². The third-order valence-electron chi connectivity index (χ3n) is 4.53. The summed E-state index contributed by atoms with van der Waals surface area (Å²) in [4.78, 5) is 36.2. The zero-order valence-corrected chi connectivity index (χ0v) is 14.1. The molecular weight excluding hydrogens is 310 g/mol. The number of phenolic OH excluding ortho intramolecular Hbond substituents is 1. The molecule has 6 nitrogen and oxygen atoms in total. The molecule has 0 unspecified atom stereocenters. The van der Waals surface area contributed by atoms with E-state index in [1.54, 1.807) is 0 Å². The Morgan fingerprint density at radius 1 is 1.12 bits per heavy atom. The number of hydrogen-bond acceptors (Lipinski definition) is 5. The smallest absolute Gasteiger partial charge is 0.331 e. The Bertz CT molecular complexity index is 645. The summed E-state index contributed by atoms with van der Waals surface area (Å²) in [7, 11) is 1.31. The standard InChI is InChI=1S/C18H23NO5/c1-12(20)14-8-7-13(11-15(14)21)16(22)19-18(17(23)24-2)9-5-3-4-6-10-18/h7-8,11,21H,3-6,9-10H2,1-2H3,(H,19,22). The molecule has 2 N–H and O–H groups in total. The Morgan fingerprint density at radius 3 is 2.25 bits per heavy atom. The van der Waals surface area contributed by atoms with Crippen LogP contribution in [0.5, 0.6) is 5.75 Å². The highest BCUT2D eigenvalue weighted by molar-refractivity contribution is 6.01. The number of hydrogen-bond donors (Lipinski definition) is 2. The maximum atomic E-state index is 12.6. The van der Waals surface area contributed by atoms with Crippen molar-refractivity contribution in [3.8, 4) is 5.75 Å². The third kappa shape index (κ3) is 3.75. The number of ether oxygens (including phenoxy) is 1. The molecule has 1 amide bonds. The summed E-state index contributed by atoms with van der Waals surface area (Å²) in [6.45, 7) is 1.34. The van der Waals surface area contributed by atoms with E-state index < -0.39 is 17.4 Å². The molecule has 1 saturated carbocycles. The van der Waals surface area contributed by atoms with Gasteiger partial charge in [0.05, 0.1) is 12.7 Å². The summed E-state index contributed by atoms with van der Waals surface area (Å²) in [5, 5.41) is 12.7. The zero-order chi connectivity index (χ0) is 17.7. The quantitative estimate of drug-likeness (QED) is 0.502. The van der Waals surface area contributed by atoms with Crippen LogP contribution in [0.15, 0.2) is 18.2 Å². The van der Waals surface area contributed by atoms with E-state index in [1.807, 2.05) is 0 Å². The molecule has 130 valence electrons. The van der Waals surface area contributed by atoms with Crippen molar-refractivity contribution >= 4 is 17.7 Å². The van der Waals surface area contributed by atoms with Crippen molar-refractivity contribution in [1.29, 1.82) is 0 Å². The number of nitrogens with one attached hydrogen (secondary N) is 1. The van der Waals surface area contributed by atoms with Crippen LogP contribution in [0.1, 0.15) is 66.2 Å². The second kappa shape index (κ2) is 7.47. The predicted molar refractivity (Wildman–Crippen MR) is 88.0 cm³/mol. The summed E-state index contributed by atoms with van der Waals surface area (Å²) < 4.78 is 4.91. The molecule has 24 heavy (non-hydrogen) atoms. The van der Waals surface area contributed by atoms with Gasteiger partial charge < -0.3 is 15.2 Å². The van der Waals surface area contributed by atoms with Crippen LogP contribution in [-0.4, -0.2) is 35.4 Å². The molecular formula is C18H23NO5. The lowest BCUT2D eigenvalue weighted by atomic mass is 9.89. The van der Waals surface area contributed by atoms with E-state index in [1.165, 1.54) is 32.2 Å². The lowest BCUT2D eigenvalue weighted by Gasteiger charge is -2.31. The van der Waals surface area contributed by atoms with Crippen LogP contribution in [0.4, 0.5) is 0 Å². The van der Waals surface area contributed by atoms with Crippen LogP contribution in [0.2, 0.25) is 0 Å². The number of esters is 1. The molecule has 0 atom stereocenters. The Balaban J connectivity index is 2.26. The Morgan fingerprint density at radius 2 is 1.75 bits per heavy atom. The first-order valence-electron chi connectivity index (χ1n) is 8.14. The fraction of sp³-hybridized carbons (Fsp3) is 0.500. The number of benzene rings is 1. The fourth-order valence-corrected chi connectivity index (χ4v) is 3.17. The number of ketones is 1. The SMILES string of the molecule is COC(=O)C1(NC(=O)c2ccc(C(C)=O)c(O)c2)CCCCCC1. The first-order chi connectivity index (χ1) is 11.4. The fourth-order valence-electron chi connectivity index (χ4n) is 3.17. The molecule has 1 aliphatic carbocycles. The van der Waals surface area contributed by atoms with Gasteiger partial charge in [-0.1, -0.05) is 25.7 Å². The summed E-state index contributed by atoms with van der Waals surface area (Å²) in [5.41, 5.74) is -0.675. The number of phenols is 1. The largest absolute Gasteiger partial charge is 0.507 e. The Hall–Kier alpha value is -2.37. The van der Waals surface area contributed by atoms with Crippen LogP contribution in [-0.2, 0) is 9.53 Å². The van der Waals surface area contributed by atoms with Gasteiger partial charge in [0, 0.05) is 5.56 Å². The molecule has 1 aromatic carbocycles. The van der Waals surface area contributed by atoms with Gasteiger partial charge in [0.15, 0.2) is 5.78 Å². The van der Waals surface area contributed by atoms with Gasteiger partial charge in [0.1, 0.15) is 11.3 Å². The zero-order valence-electron chi connectivity index (χ0n) is 14.1. The highest BCUT2D eigenvalue weighted by atomic mass is 16.5. The molecule has 1 aromatic rings. The van der Waals surface area contributed by atoms with Gasteiger partial charge in [0.2, 0.25) is 0 Å². The highest BCUT2D eigenvalue weighted by Gasteiger charge is 2.41. The maximum Gasteiger partial charge on any atom is 0.331 e. The number of carbonyl (C=O) groups excluding carboxylic acids is 3. The molecule has 1 fully saturated rings. The minimum Gasteiger partial charge on any atom is -0.507 e. The summed E-state index contributed by atoms with van der Waals surface area (Å²) in [5.74, 6) is -1.44. The summed E-state index contributed by atoms with van der Waals surface area (Å²) >= 11 is 0. The van der Waals surface area contributed by atoms with E-state index in [2.05, 4.69) is 5.32 Å². The van der Waals surface area contributed by atoms with Crippen LogP contribution in [0, 0.1) is 0 Å². The molecule has 0 radical (unpaired) electrons. The second-order valence-electron chi connectivity index (χ2n) is 6.23. The van der Waals surface area contributed by atoms with Gasteiger partial charge in [0.25, 0.3) is 5.91 Å². The number of amides is 1. The summed E-state index contributed by atoms with van der Waals surface area (Å²) in [6.07, 6.45) is 4.77. The predicted octanol–water partition coefficient (Wildman–Crippen LogP) is 2.59. The van der Waals surface area contributed by atoms with Gasteiger partial charge in [-0.15, -0.1) is 0 Å². The molecule has 0 aromatic heterocycles. The number of aromatic hydroxyl groups is 1. The van der Waals surface area contributed by atoms with E-state index in [0.29, 0.717) is 12.8 Å². The van der Waals surface area contributed by atoms with Gasteiger partial charge in [-0.25, -0.2) is 4.79 Å². The Kier molecular flexibility index (Phi) is 5.59.